The van der Waals surface area contributed by atoms with Gasteiger partial charge in [-0.25, -0.2) is 0 Å². The van der Waals surface area contributed by atoms with Crippen molar-refractivity contribution in [3.63, 3.8) is 0 Å². The molecule has 2 aromatic carbocycles. The van der Waals surface area contributed by atoms with Crippen LogP contribution in [0.25, 0.3) is 0 Å². The highest BCUT2D eigenvalue weighted by atomic mass is 16.5. The minimum atomic E-state index is -0.854. The fourth-order valence-corrected chi connectivity index (χ4v) is 4.59. The molecule has 2 N–H and O–H groups in total. The van der Waals surface area contributed by atoms with Crippen LogP contribution in [0.1, 0.15) is 31.9 Å². The molecule has 7 nitrogen and oxygen atoms in total. The summed E-state index contributed by atoms with van der Waals surface area (Å²) in [7, 11) is 2.91. The molecule has 32 heavy (non-hydrogen) atoms. The van der Waals surface area contributed by atoms with Gasteiger partial charge in [-0.15, -0.1) is 0 Å². The van der Waals surface area contributed by atoms with Crippen LogP contribution in [0.2, 0.25) is 0 Å². The fraction of sp³-hybridized carbons (Fsp3) is 0.360. The molecule has 4 rings (SSSR count). The van der Waals surface area contributed by atoms with Crippen molar-refractivity contribution >= 4 is 23.1 Å². The molecule has 1 heterocycles. The predicted molar refractivity (Wildman–Crippen MR) is 122 cm³/mol. The molecule has 0 amide bonds. The smallest absolute Gasteiger partial charge is 0.316 e. The first-order valence-electron chi connectivity index (χ1n) is 10.8. The number of anilines is 2. The summed E-state index contributed by atoms with van der Waals surface area (Å²) in [5.74, 6) is -0.642. The van der Waals surface area contributed by atoms with Gasteiger partial charge in [0.1, 0.15) is 5.92 Å². The second-order valence-electron chi connectivity index (χ2n) is 8.00. The van der Waals surface area contributed by atoms with E-state index in [-0.39, 0.29) is 11.7 Å². The number of methoxy groups -OCH3 is 2. The number of rotatable bonds is 5. The molecule has 0 radical (unpaired) electrons. The third kappa shape index (κ3) is 3.68. The van der Waals surface area contributed by atoms with Gasteiger partial charge in [-0.3, -0.25) is 9.59 Å². The zero-order chi connectivity index (χ0) is 22.8. The van der Waals surface area contributed by atoms with Crippen molar-refractivity contribution < 1.29 is 23.8 Å². The summed E-state index contributed by atoms with van der Waals surface area (Å²) >= 11 is 0. The Bertz CT molecular complexity index is 1080. The maximum absolute atomic E-state index is 13.8. The molecule has 0 saturated heterocycles. The number of ketones is 1. The van der Waals surface area contributed by atoms with Gasteiger partial charge in [-0.2, -0.15) is 0 Å². The lowest BCUT2D eigenvalue weighted by Crippen LogP contribution is -2.39. The Balaban J connectivity index is 1.93. The van der Waals surface area contributed by atoms with Crippen LogP contribution in [0.3, 0.4) is 0 Å². The van der Waals surface area contributed by atoms with Crippen molar-refractivity contribution in [1.82, 2.24) is 0 Å². The summed E-state index contributed by atoms with van der Waals surface area (Å²) in [6.45, 7) is 4.25. The van der Waals surface area contributed by atoms with E-state index in [1.165, 1.54) is 7.11 Å². The lowest BCUT2D eigenvalue weighted by molar-refractivity contribution is -0.151. The second-order valence-corrected chi connectivity index (χ2v) is 8.00. The van der Waals surface area contributed by atoms with Crippen LogP contribution in [0.5, 0.6) is 11.5 Å². The van der Waals surface area contributed by atoms with Crippen LogP contribution in [-0.2, 0) is 14.3 Å². The number of fused-ring (bicyclic) bond motifs is 1. The Labute approximate surface area is 187 Å². The lowest BCUT2D eigenvalue weighted by Gasteiger charge is -2.33. The van der Waals surface area contributed by atoms with Gasteiger partial charge < -0.3 is 24.8 Å². The number of benzene rings is 2. The quantitative estimate of drug-likeness (QED) is 0.533. The van der Waals surface area contributed by atoms with Crippen molar-refractivity contribution in [2.24, 2.45) is 11.8 Å². The number of Topliss-reactive ketones (excluding diaryl/α,β-unsaturated/α-hetero) is 1. The molecule has 168 valence electrons. The van der Waals surface area contributed by atoms with Crippen LogP contribution >= 0.6 is 0 Å². The number of carbonyl (C=O) groups is 2. The maximum atomic E-state index is 13.8. The molecule has 2 aromatic rings. The molecule has 7 heteroatoms. The molecule has 1 aliphatic carbocycles. The molecular formula is C25H28N2O5. The zero-order valence-corrected chi connectivity index (χ0v) is 18.7. The van der Waals surface area contributed by atoms with Gasteiger partial charge in [0.05, 0.1) is 38.2 Å². The van der Waals surface area contributed by atoms with Crippen LogP contribution in [-0.4, -0.2) is 32.6 Å². The van der Waals surface area contributed by atoms with E-state index in [1.807, 2.05) is 56.3 Å². The number of para-hydroxylation sites is 3. The van der Waals surface area contributed by atoms with E-state index in [4.69, 9.17) is 14.2 Å². The Morgan fingerprint density at radius 3 is 2.53 bits per heavy atom. The van der Waals surface area contributed by atoms with Crippen LogP contribution in [0.4, 0.5) is 11.4 Å². The molecule has 1 aliphatic heterocycles. The highest BCUT2D eigenvalue weighted by molar-refractivity contribution is 6.11. The van der Waals surface area contributed by atoms with E-state index >= 15 is 0 Å². The molecule has 2 aliphatic rings. The molecule has 0 bridgehead atoms. The first-order chi connectivity index (χ1) is 15.5. The number of allylic oxidation sites excluding steroid dienone is 1. The monoisotopic (exact) mass is 436 g/mol. The Hall–Kier alpha value is -3.48. The van der Waals surface area contributed by atoms with Gasteiger partial charge in [0.25, 0.3) is 0 Å². The largest absolute Gasteiger partial charge is 0.493 e. The Morgan fingerprint density at radius 1 is 1.09 bits per heavy atom. The standard InChI is InChI=1S/C25H28N2O5/c1-5-32-24-15(9-8-12-19(24)30-3)22-21-18(26-16-10-6-7-11-17(16)27-22)13-14(2)20(23(21)28)25(29)31-4/h6-12,14,20,22,26-27H,5,13H2,1-4H3/t14-,20+,22+/m1/s1. The van der Waals surface area contributed by atoms with E-state index in [1.54, 1.807) is 7.11 Å². The lowest BCUT2D eigenvalue weighted by atomic mass is 9.74. The SMILES string of the molecule is CCOc1c(OC)cccc1[C@@H]1Nc2ccccc2NC2=C1C(=O)[C@@H](C(=O)OC)[C@H](C)C2. The van der Waals surface area contributed by atoms with Gasteiger partial charge in [-0.1, -0.05) is 31.2 Å². The number of hydrogen-bond acceptors (Lipinski definition) is 7. The minimum absolute atomic E-state index is 0.191. The van der Waals surface area contributed by atoms with Crippen molar-refractivity contribution in [2.75, 3.05) is 31.5 Å². The van der Waals surface area contributed by atoms with Gasteiger partial charge in [0.15, 0.2) is 17.3 Å². The van der Waals surface area contributed by atoms with Gasteiger partial charge >= 0.3 is 5.97 Å². The highest BCUT2D eigenvalue weighted by Crippen LogP contribution is 2.47. The number of nitrogens with one attached hydrogen (secondary N) is 2. The van der Waals surface area contributed by atoms with Crippen molar-refractivity contribution in [1.29, 1.82) is 0 Å². The molecule has 3 atom stereocenters. The van der Waals surface area contributed by atoms with Crippen molar-refractivity contribution in [3.8, 4) is 11.5 Å². The van der Waals surface area contributed by atoms with Crippen LogP contribution in [0.15, 0.2) is 53.7 Å². The van der Waals surface area contributed by atoms with Crippen LogP contribution < -0.4 is 20.1 Å². The number of ether oxygens (including phenoxy) is 3. The Kier molecular flexibility index (Phi) is 6.08. The first kappa shape index (κ1) is 21.7. The van der Waals surface area contributed by atoms with Gasteiger partial charge in [0, 0.05) is 16.8 Å². The van der Waals surface area contributed by atoms with E-state index in [2.05, 4.69) is 10.6 Å². The maximum Gasteiger partial charge on any atom is 0.316 e. The zero-order valence-electron chi connectivity index (χ0n) is 18.7. The third-order valence-electron chi connectivity index (χ3n) is 6.05. The number of esters is 1. The third-order valence-corrected chi connectivity index (χ3v) is 6.05. The normalized spacial score (nSPS) is 22.0. The van der Waals surface area contributed by atoms with E-state index in [0.29, 0.717) is 30.1 Å². The minimum Gasteiger partial charge on any atom is -0.493 e. The van der Waals surface area contributed by atoms with E-state index in [0.717, 1.165) is 22.6 Å². The summed E-state index contributed by atoms with van der Waals surface area (Å²) < 4.78 is 16.5. The fourth-order valence-electron chi connectivity index (χ4n) is 4.59. The molecule has 0 fully saturated rings. The van der Waals surface area contributed by atoms with Gasteiger partial charge in [0.2, 0.25) is 0 Å². The summed E-state index contributed by atoms with van der Waals surface area (Å²) in [4.78, 5) is 26.3. The summed E-state index contributed by atoms with van der Waals surface area (Å²) in [5.41, 5.74) is 3.81. The van der Waals surface area contributed by atoms with Crippen molar-refractivity contribution in [2.45, 2.75) is 26.3 Å². The predicted octanol–water partition coefficient (Wildman–Crippen LogP) is 4.32. The molecule has 0 aromatic heterocycles. The molecular weight excluding hydrogens is 408 g/mol. The van der Waals surface area contributed by atoms with E-state index in [9.17, 15) is 9.59 Å². The van der Waals surface area contributed by atoms with Crippen LogP contribution in [0, 0.1) is 11.8 Å². The Morgan fingerprint density at radius 2 is 1.84 bits per heavy atom. The van der Waals surface area contributed by atoms with Crippen molar-refractivity contribution in [3.05, 3.63) is 59.3 Å². The molecule has 0 unspecified atom stereocenters. The topological polar surface area (TPSA) is 85.9 Å². The second kappa shape index (κ2) is 8.94. The highest BCUT2D eigenvalue weighted by Gasteiger charge is 2.45. The molecule has 0 saturated carbocycles. The summed E-state index contributed by atoms with van der Waals surface area (Å²) in [6, 6.07) is 12.9. The average molecular weight is 437 g/mol. The van der Waals surface area contributed by atoms with E-state index < -0.39 is 17.9 Å². The summed E-state index contributed by atoms with van der Waals surface area (Å²) in [6.07, 6.45) is 0.543. The molecule has 0 spiro atoms. The number of hydrogen-bond donors (Lipinski definition) is 2. The number of carbonyl (C=O) groups excluding carboxylic acids is 2. The average Bonchev–Trinajstić information content (AvgIpc) is 2.95. The van der Waals surface area contributed by atoms with Gasteiger partial charge in [-0.05, 0) is 37.5 Å². The summed E-state index contributed by atoms with van der Waals surface area (Å²) in [5, 5.41) is 6.97. The first-order valence-corrected chi connectivity index (χ1v) is 10.8.